The molecule has 2 amide bonds. The van der Waals surface area contributed by atoms with E-state index in [2.05, 4.69) is 30.0 Å². The third-order valence-corrected chi connectivity index (χ3v) is 4.34. The van der Waals surface area contributed by atoms with Gasteiger partial charge in [0.25, 0.3) is 11.8 Å². The van der Waals surface area contributed by atoms with Crippen molar-refractivity contribution < 1.29 is 19.1 Å². The molecule has 0 radical (unpaired) electrons. The van der Waals surface area contributed by atoms with Crippen molar-refractivity contribution in [2.75, 3.05) is 13.2 Å². The van der Waals surface area contributed by atoms with E-state index in [0.29, 0.717) is 23.7 Å². The summed E-state index contributed by atoms with van der Waals surface area (Å²) >= 11 is 5.06. The highest BCUT2D eigenvalue weighted by atomic mass is 32.1. The van der Waals surface area contributed by atoms with Crippen molar-refractivity contribution >= 4 is 29.1 Å². The van der Waals surface area contributed by atoms with Crippen LogP contribution in [0.15, 0.2) is 48.5 Å². The van der Waals surface area contributed by atoms with Crippen LogP contribution in [-0.4, -0.2) is 30.1 Å². The number of ether oxygens (including phenoxy) is 2. The number of hydrogen-bond donors (Lipinski definition) is 3. The average molecular weight is 430 g/mol. The zero-order valence-corrected chi connectivity index (χ0v) is 18.0. The number of unbranched alkanes of at least 4 members (excludes halogenated alkanes) is 1. The molecule has 160 valence electrons. The molecule has 0 saturated heterocycles. The van der Waals surface area contributed by atoms with E-state index in [1.54, 1.807) is 24.3 Å². The Bertz CT molecular complexity index is 856. The van der Waals surface area contributed by atoms with Gasteiger partial charge in [0.2, 0.25) is 0 Å². The van der Waals surface area contributed by atoms with Crippen LogP contribution in [0.3, 0.4) is 0 Å². The number of hydrazine groups is 1. The van der Waals surface area contributed by atoms with E-state index < -0.39 is 11.8 Å². The van der Waals surface area contributed by atoms with E-state index >= 15 is 0 Å². The van der Waals surface area contributed by atoms with Gasteiger partial charge in [-0.25, -0.2) is 0 Å². The summed E-state index contributed by atoms with van der Waals surface area (Å²) < 4.78 is 11.1. The first-order chi connectivity index (χ1) is 14.5. The molecule has 0 bridgehead atoms. The molecular weight excluding hydrogens is 402 g/mol. The smallest absolute Gasteiger partial charge is 0.276 e. The quantitative estimate of drug-likeness (QED) is 0.322. The zero-order valence-electron chi connectivity index (χ0n) is 17.2. The monoisotopic (exact) mass is 429 g/mol. The van der Waals surface area contributed by atoms with E-state index in [0.717, 1.165) is 19.3 Å². The van der Waals surface area contributed by atoms with Crippen LogP contribution in [0.4, 0.5) is 0 Å². The summed E-state index contributed by atoms with van der Waals surface area (Å²) in [7, 11) is 0. The van der Waals surface area contributed by atoms with Crippen LogP contribution in [0.1, 0.15) is 42.6 Å². The summed E-state index contributed by atoms with van der Waals surface area (Å²) in [5.74, 6) is 0.214. The summed E-state index contributed by atoms with van der Waals surface area (Å²) in [6.45, 7) is 4.46. The predicted octanol–water partition coefficient (Wildman–Crippen LogP) is 3.14. The number of nitrogens with one attached hydrogen (secondary N) is 3. The lowest BCUT2D eigenvalue weighted by atomic mass is 10.2. The molecule has 2 aromatic carbocycles. The maximum absolute atomic E-state index is 12.5. The first-order valence-electron chi connectivity index (χ1n) is 9.87. The lowest BCUT2D eigenvalue weighted by molar-refractivity contribution is -0.123. The van der Waals surface area contributed by atoms with Crippen molar-refractivity contribution in [2.45, 2.75) is 33.1 Å². The van der Waals surface area contributed by atoms with E-state index in [1.165, 1.54) is 5.56 Å². The van der Waals surface area contributed by atoms with Gasteiger partial charge in [0.05, 0.1) is 12.2 Å². The fourth-order valence-electron chi connectivity index (χ4n) is 2.44. The molecule has 0 spiro atoms. The van der Waals surface area contributed by atoms with Crippen molar-refractivity contribution in [1.29, 1.82) is 0 Å². The van der Waals surface area contributed by atoms with Gasteiger partial charge in [0.1, 0.15) is 11.5 Å². The molecular formula is C22H27N3O4S. The third kappa shape index (κ3) is 7.71. The first kappa shape index (κ1) is 23.2. The van der Waals surface area contributed by atoms with Crippen molar-refractivity contribution in [3.8, 4) is 11.5 Å². The third-order valence-electron chi connectivity index (χ3n) is 4.13. The second kappa shape index (κ2) is 12.4. The second-order valence-corrected chi connectivity index (χ2v) is 6.85. The van der Waals surface area contributed by atoms with Gasteiger partial charge in [-0.1, -0.05) is 44.5 Å². The van der Waals surface area contributed by atoms with Gasteiger partial charge >= 0.3 is 0 Å². The van der Waals surface area contributed by atoms with Crippen LogP contribution in [0, 0.1) is 0 Å². The number of carbonyl (C=O) groups is 2. The normalized spacial score (nSPS) is 10.1. The van der Waals surface area contributed by atoms with E-state index in [4.69, 9.17) is 21.7 Å². The van der Waals surface area contributed by atoms with Crippen molar-refractivity contribution in [3.05, 3.63) is 59.7 Å². The molecule has 0 aliphatic carbocycles. The highest BCUT2D eigenvalue weighted by Crippen LogP contribution is 2.18. The molecule has 0 aliphatic rings. The van der Waals surface area contributed by atoms with Crippen LogP contribution in [0.2, 0.25) is 0 Å². The van der Waals surface area contributed by atoms with Crippen molar-refractivity contribution in [1.82, 2.24) is 16.2 Å². The maximum atomic E-state index is 12.5. The summed E-state index contributed by atoms with van der Waals surface area (Å²) in [4.78, 5) is 24.4. The number of amides is 2. The number of rotatable bonds is 9. The van der Waals surface area contributed by atoms with Gasteiger partial charge in [0, 0.05) is 0 Å². The van der Waals surface area contributed by atoms with Crippen LogP contribution < -0.4 is 25.6 Å². The Balaban J connectivity index is 1.77. The number of carbonyl (C=O) groups excluding carboxylic acids is 2. The molecule has 0 saturated carbocycles. The van der Waals surface area contributed by atoms with Crippen LogP contribution in [0.5, 0.6) is 11.5 Å². The van der Waals surface area contributed by atoms with Crippen LogP contribution in [0.25, 0.3) is 0 Å². The van der Waals surface area contributed by atoms with Gasteiger partial charge in [-0.3, -0.25) is 25.8 Å². The predicted molar refractivity (Wildman–Crippen MR) is 120 cm³/mol. The Morgan fingerprint density at radius 3 is 2.40 bits per heavy atom. The Morgan fingerprint density at radius 2 is 1.70 bits per heavy atom. The molecule has 30 heavy (non-hydrogen) atoms. The Hall–Kier alpha value is -3.13. The fraction of sp³-hybridized carbons (Fsp3) is 0.318. The standard InChI is InChI=1S/C22H27N3O4S/c1-3-5-14-28-19-9-7-6-8-18(19)21(27)23-22(30)25-24-20(26)15-29-17-12-10-16(4-2)11-13-17/h6-13H,3-5,14-15H2,1-2H3,(H,24,26)(H2,23,25,27,30). The molecule has 3 N–H and O–H groups in total. The number of hydrogen-bond acceptors (Lipinski definition) is 5. The van der Waals surface area contributed by atoms with Gasteiger partial charge in [-0.05, 0) is 54.9 Å². The number of benzene rings is 2. The largest absolute Gasteiger partial charge is 0.493 e. The molecule has 8 heteroatoms. The molecule has 2 aromatic rings. The van der Waals surface area contributed by atoms with Gasteiger partial charge < -0.3 is 9.47 Å². The number of aryl methyl sites for hydroxylation is 1. The molecule has 2 rings (SSSR count). The summed E-state index contributed by atoms with van der Waals surface area (Å²) in [5, 5.41) is 2.48. The summed E-state index contributed by atoms with van der Waals surface area (Å²) in [5.41, 5.74) is 6.43. The maximum Gasteiger partial charge on any atom is 0.276 e. The minimum Gasteiger partial charge on any atom is -0.493 e. The minimum atomic E-state index is -0.436. The van der Waals surface area contributed by atoms with Gasteiger partial charge in [-0.2, -0.15) is 0 Å². The molecule has 0 aromatic heterocycles. The van der Waals surface area contributed by atoms with Gasteiger partial charge in [-0.15, -0.1) is 0 Å². The molecule has 0 aliphatic heterocycles. The zero-order chi connectivity index (χ0) is 21.8. The first-order valence-corrected chi connectivity index (χ1v) is 10.3. The Kier molecular flexibility index (Phi) is 9.60. The molecule has 0 heterocycles. The number of thiocarbonyl (C=S) groups is 1. The minimum absolute atomic E-state index is 0.0380. The Labute approximate surface area is 182 Å². The van der Waals surface area contributed by atoms with E-state index in [1.807, 2.05) is 24.3 Å². The van der Waals surface area contributed by atoms with Crippen LogP contribution in [-0.2, 0) is 11.2 Å². The lowest BCUT2D eigenvalue weighted by Crippen LogP contribution is -2.49. The van der Waals surface area contributed by atoms with Crippen molar-refractivity contribution in [2.24, 2.45) is 0 Å². The lowest BCUT2D eigenvalue weighted by Gasteiger charge is -2.13. The highest BCUT2D eigenvalue weighted by Gasteiger charge is 2.14. The van der Waals surface area contributed by atoms with E-state index in [-0.39, 0.29) is 11.7 Å². The van der Waals surface area contributed by atoms with Crippen molar-refractivity contribution in [3.63, 3.8) is 0 Å². The molecule has 0 atom stereocenters. The highest BCUT2D eigenvalue weighted by molar-refractivity contribution is 7.80. The average Bonchev–Trinajstić information content (AvgIpc) is 2.77. The topological polar surface area (TPSA) is 88.7 Å². The molecule has 7 nitrogen and oxygen atoms in total. The summed E-state index contributed by atoms with van der Waals surface area (Å²) in [6.07, 6.45) is 2.83. The van der Waals surface area contributed by atoms with Crippen LogP contribution >= 0.6 is 12.2 Å². The fourth-order valence-corrected chi connectivity index (χ4v) is 2.58. The molecule has 0 fully saturated rings. The van der Waals surface area contributed by atoms with Gasteiger partial charge in [0.15, 0.2) is 11.7 Å². The number of para-hydroxylation sites is 1. The summed E-state index contributed by atoms with van der Waals surface area (Å²) in [6, 6.07) is 14.4. The second-order valence-electron chi connectivity index (χ2n) is 6.44. The molecule has 0 unspecified atom stereocenters. The SMILES string of the molecule is CCCCOc1ccccc1C(=O)NC(=S)NNC(=O)COc1ccc(CC)cc1. The Morgan fingerprint density at radius 1 is 0.967 bits per heavy atom. The van der Waals surface area contributed by atoms with E-state index in [9.17, 15) is 9.59 Å².